The highest BCUT2D eigenvalue weighted by molar-refractivity contribution is 9.10. The van der Waals surface area contributed by atoms with Gasteiger partial charge in [-0.1, -0.05) is 0 Å². The summed E-state index contributed by atoms with van der Waals surface area (Å²) in [5.41, 5.74) is 1.82. The Morgan fingerprint density at radius 3 is 2.48 bits per heavy atom. The summed E-state index contributed by atoms with van der Waals surface area (Å²) in [5.74, 6) is -3.08. The van der Waals surface area contributed by atoms with Crippen molar-refractivity contribution in [2.45, 2.75) is 27.3 Å². The van der Waals surface area contributed by atoms with Gasteiger partial charge in [0.1, 0.15) is 5.82 Å². The van der Waals surface area contributed by atoms with E-state index in [9.17, 15) is 18.4 Å². The van der Waals surface area contributed by atoms with Gasteiger partial charge in [-0.3, -0.25) is 4.79 Å². The van der Waals surface area contributed by atoms with E-state index in [0.29, 0.717) is 18.2 Å². The van der Waals surface area contributed by atoms with Crippen molar-refractivity contribution in [1.29, 1.82) is 0 Å². The number of hydrogen-bond acceptors (Lipinski definition) is 3. The lowest BCUT2D eigenvalue weighted by atomic mass is 10.2. The molecule has 2 aromatic rings. The molecule has 2 rings (SSSR count). The van der Waals surface area contributed by atoms with Gasteiger partial charge >= 0.3 is 5.97 Å². The smallest absolute Gasteiger partial charge is 0.340 e. The van der Waals surface area contributed by atoms with Crippen LogP contribution < -0.4 is 5.32 Å². The minimum Gasteiger partial charge on any atom is -0.452 e. The molecule has 1 aromatic carbocycles. The number of rotatable bonds is 5. The molecule has 134 valence electrons. The largest absolute Gasteiger partial charge is 0.452 e. The molecular formula is C17H17BrF2N2O3. The summed E-state index contributed by atoms with van der Waals surface area (Å²) in [6.45, 7) is 5.74. The number of ether oxygens (including phenoxy) is 1. The number of aromatic nitrogens is 1. The molecular weight excluding hydrogens is 398 g/mol. The van der Waals surface area contributed by atoms with Crippen molar-refractivity contribution < 1.29 is 23.1 Å². The highest BCUT2D eigenvalue weighted by Crippen LogP contribution is 2.26. The van der Waals surface area contributed by atoms with Gasteiger partial charge in [0, 0.05) is 28.5 Å². The van der Waals surface area contributed by atoms with Crippen LogP contribution in [0.5, 0.6) is 0 Å². The second-order valence-electron chi connectivity index (χ2n) is 5.40. The lowest BCUT2D eigenvalue weighted by Crippen LogP contribution is -2.22. The van der Waals surface area contributed by atoms with Crippen molar-refractivity contribution in [3.8, 4) is 0 Å². The van der Waals surface area contributed by atoms with E-state index in [2.05, 4.69) is 21.2 Å². The van der Waals surface area contributed by atoms with Crippen LogP contribution in [0.4, 0.5) is 14.5 Å². The Hall–Kier alpha value is -2.22. The van der Waals surface area contributed by atoms with E-state index in [-0.39, 0.29) is 10.2 Å². The van der Waals surface area contributed by atoms with Crippen LogP contribution >= 0.6 is 15.9 Å². The van der Waals surface area contributed by atoms with Crippen molar-refractivity contribution in [2.75, 3.05) is 11.9 Å². The number of nitrogens with zero attached hydrogens (tertiary/aromatic N) is 1. The maximum absolute atomic E-state index is 13.7. The van der Waals surface area contributed by atoms with Crippen molar-refractivity contribution in [1.82, 2.24) is 4.57 Å². The van der Waals surface area contributed by atoms with Crippen molar-refractivity contribution in [2.24, 2.45) is 0 Å². The van der Waals surface area contributed by atoms with E-state index in [4.69, 9.17) is 4.74 Å². The maximum atomic E-state index is 13.7. The number of carbonyl (C=O) groups is 2. The molecule has 0 fully saturated rings. The molecule has 0 radical (unpaired) electrons. The van der Waals surface area contributed by atoms with Crippen LogP contribution in [-0.2, 0) is 16.1 Å². The first kappa shape index (κ1) is 19.1. The van der Waals surface area contributed by atoms with Gasteiger partial charge in [0.2, 0.25) is 0 Å². The minimum absolute atomic E-state index is 0.0520. The fourth-order valence-electron chi connectivity index (χ4n) is 2.54. The van der Waals surface area contributed by atoms with E-state index in [1.165, 1.54) is 0 Å². The Morgan fingerprint density at radius 2 is 1.92 bits per heavy atom. The maximum Gasteiger partial charge on any atom is 0.340 e. The summed E-state index contributed by atoms with van der Waals surface area (Å²) in [6, 6.07) is 3.35. The third-order valence-electron chi connectivity index (χ3n) is 3.72. The first-order chi connectivity index (χ1) is 11.7. The van der Waals surface area contributed by atoms with Gasteiger partial charge in [-0.25, -0.2) is 13.6 Å². The Bertz CT molecular complexity index is 811. The van der Waals surface area contributed by atoms with Gasteiger partial charge in [0.25, 0.3) is 5.91 Å². The summed E-state index contributed by atoms with van der Waals surface area (Å²) in [7, 11) is 0. The molecule has 5 nitrogen and oxygen atoms in total. The average Bonchev–Trinajstić information content (AvgIpc) is 2.82. The van der Waals surface area contributed by atoms with Gasteiger partial charge in [0.15, 0.2) is 12.4 Å². The molecule has 1 amide bonds. The normalized spacial score (nSPS) is 10.6. The molecule has 0 aliphatic heterocycles. The van der Waals surface area contributed by atoms with Gasteiger partial charge in [-0.15, -0.1) is 0 Å². The summed E-state index contributed by atoms with van der Waals surface area (Å²) in [4.78, 5) is 24.0. The third kappa shape index (κ3) is 4.25. The SMILES string of the molecule is CCn1c(C)cc(C(=O)OCC(=O)Nc2c(F)cc(F)cc2Br)c1C. The number of amides is 1. The van der Waals surface area contributed by atoms with Crippen LogP contribution in [0.15, 0.2) is 22.7 Å². The van der Waals surface area contributed by atoms with Crippen molar-refractivity contribution in [3.05, 3.63) is 51.3 Å². The molecule has 1 aromatic heterocycles. The van der Waals surface area contributed by atoms with E-state index in [1.807, 2.05) is 18.4 Å². The highest BCUT2D eigenvalue weighted by atomic mass is 79.9. The Labute approximate surface area is 152 Å². The first-order valence-electron chi connectivity index (χ1n) is 7.52. The van der Waals surface area contributed by atoms with Gasteiger partial charge in [-0.2, -0.15) is 0 Å². The summed E-state index contributed by atoms with van der Waals surface area (Å²) in [5, 5.41) is 2.25. The van der Waals surface area contributed by atoms with Gasteiger partial charge < -0.3 is 14.6 Å². The monoisotopic (exact) mass is 414 g/mol. The number of nitrogens with one attached hydrogen (secondary N) is 1. The molecule has 0 atom stereocenters. The molecule has 0 unspecified atom stereocenters. The standard InChI is InChI=1S/C17H17BrF2N2O3/c1-4-22-9(2)5-12(10(22)3)17(24)25-8-15(23)21-16-13(18)6-11(19)7-14(16)20/h5-7H,4,8H2,1-3H3,(H,21,23). The Kier molecular flexibility index (Phi) is 5.94. The third-order valence-corrected chi connectivity index (χ3v) is 4.34. The molecule has 1 heterocycles. The second kappa shape index (κ2) is 7.77. The summed E-state index contributed by atoms with van der Waals surface area (Å²) >= 11 is 2.97. The molecule has 25 heavy (non-hydrogen) atoms. The number of esters is 1. The zero-order valence-corrected chi connectivity index (χ0v) is 15.5. The van der Waals surface area contributed by atoms with E-state index in [0.717, 1.165) is 17.5 Å². The van der Waals surface area contributed by atoms with Gasteiger partial charge in [-0.05, 0) is 48.8 Å². The second-order valence-corrected chi connectivity index (χ2v) is 6.25. The van der Waals surface area contributed by atoms with Crippen molar-refractivity contribution in [3.63, 3.8) is 0 Å². The fraction of sp³-hybridized carbons (Fsp3) is 0.294. The summed E-state index contributed by atoms with van der Waals surface area (Å²) < 4.78 is 33.7. The lowest BCUT2D eigenvalue weighted by molar-refractivity contribution is -0.119. The molecule has 0 saturated heterocycles. The summed E-state index contributed by atoms with van der Waals surface area (Å²) in [6.07, 6.45) is 0. The Morgan fingerprint density at radius 1 is 1.24 bits per heavy atom. The zero-order chi connectivity index (χ0) is 18.7. The van der Waals surface area contributed by atoms with E-state index < -0.39 is 30.1 Å². The van der Waals surface area contributed by atoms with Crippen LogP contribution in [0.1, 0.15) is 28.7 Å². The number of hydrogen-bond donors (Lipinski definition) is 1. The number of carbonyl (C=O) groups excluding carboxylic acids is 2. The van der Waals surface area contributed by atoms with Crippen LogP contribution in [0.3, 0.4) is 0 Å². The topological polar surface area (TPSA) is 60.3 Å². The number of halogens is 3. The van der Waals surface area contributed by atoms with E-state index in [1.54, 1.807) is 13.0 Å². The highest BCUT2D eigenvalue weighted by Gasteiger charge is 2.18. The molecule has 1 N–H and O–H groups in total. The molecule has 0 bridgehead atoms. The minimum atomic E-state index is -0.932. The van der Waals surface area contributed by atoms with Crippen LogP contribution in [0, 0.1) is 25.5 Å². The Balaban J connectivity index is 2.02. The zero-order valence-electron chi connectivity index (χ0n) is 14.0. The quantitative estimate of drug-likeness (QED) is 0.753. The molecule has 0 aliphatic rings. The number of benzene rings is 1. The molecule has 8 heteroatoms. The molecule has 0 saturated carbocycles. The average molecular weight is 415 g/mol. The van der Waals surface area contributed by atoms with Crippen LogP contribution in [-0.4, -0.2) is 23.1 Å². The predicted molar refractivity (Wildman–Crippen MR) is 92.6 cm³/mol. The molecule has 0 aliphatic carbocycles. The predicted octanol–water partition coefficient (Wildman–Crippen LogP) is 3.96. The first-order valence-corrected chi connectivity index (χ1v) is 8.32. The van der Waals surface area contributed by atoms with E-state index >= 15 is 0 Å². The van der Waals surface area contributed by atoms with Crippen LogP contribution in [0.25, 0.3) is 0 Å². The van der Waals surface area contributed by atoms with Crippen LogP contribution in [0.2, 0.25) is 0 Å². The lowest BCUT2D eigenvalue weighted by Gasteiger charge is -2.10. The number of anilines is 1. The molecule has 0 spiro atoms. The number of aryl methyl sites for hydroxylation is 1. The van der Waals surface area contributed by atoms with Gasteiger partial charge in [0.05, 0.1) is 11.3 Å². The fourth-order valence-corrected chi connectivity index (χ4v) is 3.05. The van der Waals surface area contributed by atoms with Crippen molar-refractivity contribution >= 4 is 33.5 Å².